The first-order chi connectivity index (χ1) is 13.7. The Kier molecular flexibility index (Phi) is 5.14. The molecular weight excluding hydrogens is 356 g/mol. The molecular formula is C21H24N4O3. The number of para-hydroxylation sites is 2. The van der Waals surface area contributed by atoms with Crippen LogP contribution in [0.25, 0.3) is 0 Å². The fourth-order valence-electron chi connectivity index (χ4n) is 3.44. The Hall–Kier alpha value is -3.09. The van der Waals surface area contributed by atoms with E-state index in [2.05, 4.69) is 10.3 Å². The molecule has 1 aliphatic heterocycles. The van der Waals surface area contributed by atoms with Crippen LogP contribution < -0.4 is 10.1 Å². The van der Waals surface area contributed by atoms with Gasteiger partial charge in [-0.15, -0.1) is 0 Å². The van der Waals surface area contributed by atoms with E-state index in [-0.39, 0.29) is 17.7 Å². The average Bonchev–Trinajstić information content (AvgIpc) is 3.59. The van der Waals surface area contributed by atoms with Gasteiger partial charge in [0.05, 0.1) is 18.4 Å². The molecule has 7 heteroatoms. The third-order valence-corrected chi connectivity index (χ3v) is 5.20. The lowest BCUT2D eigenvalue weighted by Crippen LogP contribution is -2.51. The Morgan fingerprint density at radius 3 is 2.46 bits per heavy atom. The van der Waals surface area contributed by atoms with Gasteiger partial charge in [0, 0.05) is 38.3 Å². The van der Waals surface area contributed by atoms with Gasteiger partial charge in [-0.1, -0.05) is 12.1 Å². The molecule has 1 aliphatic carbocycles. The summed E-state index contributed by atoms with van der Waals surface area (Å²) in [6.07, 6.45) is 3.66. The monoisotopic (exact) mass is 380 g/mol. The minimum Gasteiger partial charge on any atom is -0.495 e. The van der Waals surface area contributed by atoms with E-state index in [0.717, 1.165) is 18.5 Å². The van der Waals surface area contributed by atoms with Crippen molar-refractivity contribution >= 4 is 23.3 Å². The lowest BCUT2D eigenvalue weighted by atomic mass is 10.2. The van der Waals surface area contributed by atoms with E-state index in [1.165, 1.54) is 0 Å². The van der Waals surface area contributed by atoms with Crippen LogP contribution in [-0.4, -0.2) is 59.9 Å². The first kappa shape index (κ1) is 18.3. The molecule has 4 rings (SSSR count). The van der Waals surface area contributed by atoms with Gasteiger partial charge >= 0.3 is 0 Å². The third kappa shape index (κ3) is 3.78. The quantitative estimate of drug-likeness (QED) is 0.863. The van der Waals surface area contributed by atoms with Crippen molar-refractivity contribution < 1.29 is 14.3 Å². The largest absolute Gasteiger partial charge is 0.495 e. The van der Waals surface area contributed by atoms with Crippen molar-refractivity contribution in [2.75, 3.05) is 38.6 Å². The predicted octanol–water partition coefficient (Wildman–Crippen LogP) is 2.53. The number of carbonyl (C=O) groups is 2. The fraction of sp³-hybridized carbons (Fsp3) is 0.381. The van der Waals surface area contributed by atoms with E-state index < -0.39 is 0 Å². The maximum atomic E-state index is 13.1. The fourth-order valence-corrected chi connectivity index (χ4v) is 3.44. The highest BCUT2D eigenvalue weighted by Crippen LogP contribution is 2.31. The number of nitrogens with one attached hydrogen (secondary N) is 1. The van der Waals surface area contributed by atoms with Crippen LogP contribution in [0.3, 0.4) is 0 Å². The van der Waals surface area contributed by atoms with Gasteiger partial charge < -0.3 is 19.9 Å². The van der Waals surface area contributed by atoms with Crippen molar-refractivity contribution in [2.45, 2.75) is 12.8 Å². The molecule has 0 bridgehead atoms. The second-order valence-corrected chi connectivity index (χ2v) is 7.12. The van der Waals surface area contributed by atoms with Crippen LogP contribution in [0.1, 0.15) is 23.2 Å². The molecule has 2 fully saturated rings. The number of nitrogens with zero attached hydrogens (tertiary/aromatic N) is 3. The van der Waals surface area contributed by atoms with Crippen molar-refractivity contribution in [3.63, 3.8) is 0 Å². The number of rotatable bonds is 5. The second kappa shape index (κ2) is 7.88. The Morgan fingerprint density at radius 1 is 1.04 bits per heavy atom. The molecule has 28 heavy (non-hydrogen) atoms. The maximum absolute atomic E-state index is 13.1. The van der Waals surface area contributed by atoms with Crippen LogP contribution in [0.5, 0.6) is 5.75 Å². The van der Waals surface area contributed by atoms with E-state index >= 15 is 0 Å². The highest BCUT2D eigenvalue weighted by molar-refractivity contribution is 5.99. The first-order valence-corrected chi connectivity index (χ1v) is 9.60. The summed E-state index contributed by atoms with van der Waals surface area (Å²) >= 11 is 0. The van der Waals surface area contributed by atoms with Gasteiger partial charge in [-0.3, -0.25) is 9.59 Å². The van der Waals surface area contributed by atoms with Crippen LogP contribution in [0.2, 0.25) is 0 Å². The van der Waals surface area contributed by atoms with Crippen molar-refractivity contribution in [2.24, 2.45) is 5.92 Å². The molecule has 1 N–H and O–H groups in total. The minimum absolute atomic E-state index is 0.0796. The number of methoxy groups -OCH3 is 1. The maximum Gasteiger partial charge on any atom is 0.257 e. The molecule has 0 unspecified atom stereocenters. The molecule has 1 aromatic carbocycles. The molecule has 2 aromatic rings. The Morgan fingerprint density at radius 2 is 1.75 bits per heavy atom. The lowest BCUT2D eigenvalue weighted by molar-refractivity contribution is -0.134. The number of hydrogen-bond acceptors (Lipinski definition) is 5. The van der Waals surface area contributed by atoms with Gasteiger partial charge in [0.1, 0.15) is 11.6 Å². The van der Waals surface area contributed by atoms with Crippen LogP contribution in [-0.2, 0) is 4.79 Å². The van der Waals surface area contributed by atoms with Gasteiger partial charge in [-0.05, 0) is 37.1 Å². The Labute approximate surface area is 164 Å². The zero-order valence-electron chi connectivity index (χ0n) is 15.9. The molecule has 0 spiro atoms. The van der Waals surface area contributed by atoms with Crippen molar-refractivity contribution in [1.29, 1.82) is 0 Å². The van der Waals surface area contributed by atoms with Gasteiger partial charge in [0.25, 0.3) is 5.91 Å². The van der Waals surface area contributed by atoms with Crippen molar-refractivity contribution in [1.82, 2.24) is 14.8 Å². The normalized spacial score (nSPS) is 16.6. The van der Waals surface area contributed by atoms with E-state index in [9.17, 15) is 9.59 Å². The van der Waals surface area contributed by atoms with Gasteiger partial charge in [-0.2, -0.15) is 0 Å². The Bertz CT molecular complexity index is 873. The molecule has 146 valence electrons. The van der Waals surface area contributed by atoms with Crippen LogP contribution in [0, 0.1) is 5.92 Å². The molecule has 1 saturated carbocycles. The number of amides is 2. The molecule has 1 saturated heterocycles. The van der Waals surface area contributed by atoms with Crippen molar-refractivity contribution in [3.05, 3.63) is 48.2 Å². The highest BCUT2D eigenvalue weighted by Gasteiger charge is 2.35. The van der Waals surface area contributed by atoms with Gasteiger partial charge in [0.2, 0.25) is 5.91 Å². The topological polar surface area (TPSA) is 74.8 Å². The van der Waals surface area contributed by atoms with Gasteiger partial charge in [0.15, 0.2) is 0 Å². The molecule has 0 atom stereocenters. The van der Waals surface area contributed by atoms with Gasteiger partial charge in [-0.25, -0.2) is 4.98 Å². The van der Waals surface area contributed by atoms with E-state index in [1.807, 2.05) is 29.2 Å². The number of pyridine rings is 1. The molecule has 1 aromatic heterocycles. The number of carbonyl (C=O) groups excluding carboxylic acids is 2. The lowest BCUT2D eigenvalue weighted by Gasteiger charge is -2.35. The molecule has 7 nitrogen and oxygen atoms in total. The third-order valence-electron chi connectivity index (χ3n) is 5.20. The summed E-state index contributed by atoms with van der Waals surface area (Å²) in [6, 6.07) is 11.0. The highest BCUT2D eigenvalue weighted by atomic mass is 16.5. The zero-order valence-corrected chi connectivity index (χ0v) is 15.9. The summed E-state index contributed by atoms with van der Waals surface area (Å²) in [6.45, 7) is 2.27. The standard InChI is InChI=1S/C21H24N4O3/c1-28-18-7-3-2-6-17(18)23-19-16(5-4-10-22-19)21(27)25-13-11-24(12-14-25)20(26)15-8-9-15/h2-7,10,15H,8-9,11-14H2,1H3,(H,22,23). The van der Waals surface area contributed by atoms with E-state index in [4.69, 9.17) is 4.74 Å². The van der Waals surface area contributed by atoms with E-state index in [1.54, 1.807) is 30.3 Å². The number of benzene rings is 1. The number of piperazine rings is 1. The molecule has 2 amide bonds. The smallest absolute Gasteiger partial charge is 0.257 e. The van der Waals surface area contributed by atoms with Crippen LogP contribution in [0.4, 0.5) is 11.5 Å². The summed E-state index contributed by atoms with van der Waals surface area (Å²) in [4.78, 5) is 33.4. The van der Waals surface area contributed by atoms with Crippen molar-refractivity contribution in [3.8, 4) is 5.75 Å². The number of hydrogen-bond donors (Lipinski definition) is 1. The summed E-state index contributed by atoms with van der Waals surface area (Å²) in [5.74, 6) is 1.56. The number of anilines is 2. The summed E-state index contributed by atoms with van der Waals surface area (Å²) in [5, 5.41) is 3.21. The average molecular weight is 380 g/mol. The molecule has 2 aliphatic rings. The minimum atomic E-state index is -0.0796. The SMILES string of the molecule is COc1ccccc1Nc1ncccc1C(=O)N1CCN(C(=O)C2CC2)CC1. The van der Waals surface area contributed by atoms with Crippen LogP contribution in [0.15, 0.2) is 42.6 Å². The zero-order chi connectivity index (χ0) is 19.5. The van der Waals surface area contributed by atoms with Crippen LogP contribution >= 0.6 is 0 Å². The number of ether oxygens (including phenoxy) is 1. The summed E-state index contributed by atoms with van der Waals surface area (Å²) in [5.41, 5.74) is 1.26. The predicted molar refractivity (Wildman–Crippen MR) is 106 cm³/mol. The summed E-state index contributed by atoms with van der Waals surface area (Å²) in [7, 11) is 1.60. The second-order valence-electron chi connectivity index (χ2n) is 7.12. The number of aromatic nitrogens is 1. The molecule has 0 radical (unpaired) electrons. The summed E-state index contributed by atoms with van der Waals surface area (Å²) < 4.78 is 5.37. The first-order valence-electron chi connectivity index (χ1n) is 9.60. The molecule has 2 heterocycles. The Balaban J connectivity index is 1.47. The van der Waals surface area contributed by atoms with E-state index in [0.29, 0.717) is 43.3 Å².